The topological polar surface area (TPSA) is 12.0 Å². The van der Waals surface area contributed by atoms with Crippen LogP contribution in [0.25, 0.3) is 5.70 Å². The van der Waals surface area contributed by atoms with Crippen molar-refractivity contribution >= 4 is 17.3 Å². The fraction of sp³-hybridized carbons (Fsp3) is 0.667. The third-order valence-electron chi connectivity index (χ3n) is 5.34. The number of nitrogens with one attached hydrogen (secondary N) is 1. The quantitative estimate of drug-likeness (QED) is 0.400. The molecule has 0 saturated carbocycles. The van der Waals surface area contributed by atoms with E-state index in [1.165, 1.54) is 38.2 Å². The van der Waals surface area contributed by atoms with Crippen LogP contribution in [0.4, 0.5) is 4.39 Å². The molecule has 1 N–H and O–H groups in total. The average Bonchev–Trinajstić information content (AvgIpc) is 2.60. The zero-order valence-corrected chi connectivity index (χ0v) is 19.0. The van der Waals surface area contributed by atoms with Gasteiger partial charge in [-0.25, -0.2) is 4.39 Å². The van der Waals surface area contributed by atoms with E-state index in [9.17, 15) is 4.39 Å². The molecule has 1 rings (SSSR count). The molecule has 0 heterocycles. The van der Waals surface area contributed by atoms with Gasteiger partial charge in [0.25, 0.3) is 0 Å². The minimum absolute atomic E-state index is 0.102. The molecule has 2 unspecified atom stereocenters. The lowest BCUT2D eigenvalue weighted by atomic mass is 9.75. The summed E-state index contributed by atoms with van der Waals surface area (Å²) in [6.07, 6.45) is 7.73. The lowest BCUT2D eigenvalue weighted by Gasteiger charge is -2.39. The summed E-state index contributed by atoms with van der Waals surface area (Å²) < 4.78 is 14.0. The van der Waals surface area contributed by atoms with Crippen LogP contribution in [-0.4, -0.2) is 6.04 Å². The van der Waals surface area contributed by atoms with Crippen LogP contribution in [-0.2, 0) is 6.42 Å². The maximum atomic E-state index is 14.0. The second kappa shape index (κ2) is 11.1. The summed E-state index contributed by atoms with van der Waals surface area (Å²) in [4.78, 5) is 0. The van der Waals surface area contributed by atoms with Crippen LogP contribution in [0.2, 0.25) is 5.02 Å². The zero-order chi connectivity index (χ0) is 20.6. The van der Waals surface area contributed by atoms with Gasteiger partial charge < -0.3 is 5.32 Å². The molecule has 0 bridgehead atoms. The van der Waals surface area contributed by atoms with Crippen LogP contribution >= 0.6 is 11.6 Å². The minimum atomic E-state index is -0.351. The van der Waals surface area contributed by atoms with Crippen LogP contribution in [0.15, 0.2) is 18.7 Å². The Morgan fingerprint density at radius 1 is 1.11 bits per heavy atom. The third kappa shape index (κ3) is 6.82. The Labute approximate surface area is 171 Å². The molecule has 3 heteroatoms. The van der Waals surface area contributed by atoms with Crippen molar-refractivity contribution in [1.29, 1.82) is 0 Å². The lowest BCUT2D eigenvalue weighted by molar-refractivity contribution is 0.191. The van der Waals surface area contributed by atoms with Gasteiger partial charge >= 0.3 is 0 Å². The first kappa shape index (κ1) is 24.0. The highest BCUT2D eigenvalue weighted by Crippen LogP contribution is 2.34. The highest BCUT2D eigenvalue weighted by molar-refractivity contribution is 6.31. The van der Waals surface area contributed by atoms with Gasteiger partial charge in [-0.3, -0.25) is 0 Å². The molecule has 1 nitrogen and oxygen atoms in total. The number of hydrogen-bond donors (Lipinski definition) is 1. The van der Waals surface area contributed by atoms with Crippen LogP contribution < -0.4 is 5.32 Å². The fourth-order valence-corrected chi connectivity index (χ4v) is 4.25. The van der Waals surface area contributed by atoms with Crippen LogP contribution in [0, 0.1) is 17.2 Å². The van der Waals surface area contributed by atoms with E-state index in [0.29, 0.717) is 12.0 Å². The van der Waals surface area contributed by atoms with Crippen molar-refractivity contribution in [3.05, 3.63) is 40.7 Å². The van der Waals surface area contributed by atoms with E-state index in [1.807, 2.05) is 6.07 Å². The summed E-state index contributed by atoms with van der Waals surface area (Å²) in [5.41, 5.74) is 2.77. The summed E-state index contributed by atoms with van der Waals surface area (Å²) in [6.45, 7) is 17.8. The number of rotatable bonds is 11. The molecule has 27 heavy (non-hydrogen) atoms. The van der Waals surface area contributed by atoms with Crippen molar-refractivity contribution in [2.45, 2.75) is 92.5 Å². The van der Waals surface area contributed by atoms with Gasteiger partial charge in [-0.05, 0) is 48.3 Å². The van der Waals surface area contributed by atoms with E-state index >= 15 is 0 Å². The Morgan fingerprint density at radius 2 is 1.78 bits per heavy atom. The van der Waals surface area contributed by atoms with Crippen LogP contribution in [0.1, 0.15) is 91.2 Å². The fourth-order valence-electron chi connectivity index (χ4n) is 3.99. The summed E-state index contributed by atoms with van der Waals surface area (Å²) in [6, 6.07) is 3.59. The predicted molar refractivity (Wildman–Crippen MR) is 119 cm³/mol. The number of halogens is 2. The summed E-state index contributed by atoms with van der Waals surface area (Å²) >= 11 is 6.28. The molecule has 0 aliphatic rings. The van der Waals surface area contributed by atoms with Crippen LogP contribution in [0.3, 0.4) is 0 Å². The van der Waals surface area contributed by atoms with Crippen molar-refractivity contribution in [2.75, 3.05) is 0 Å². The normalized spacial score (nSPS) is 14.1. The summed E-state index contributed by atoms with van der Waals surface area (Å²) in [5.74, 6) is 0.244. The first-order valence-corrected chi connectivity index (χ1v) is 11.0. The Kier molecular flexibility index (Phi) is 9.87. The molecule has 0 fully saturated rings. The van der Waals surface area contributed by atoms with Crippen molar-refractivity contribution in [3.8, 4) is 0 Å². The molecule has 2 atom stereocenters. The largest absolute Gasteiger partial charge is 0.381 e. The van der Waals surface area contributed by atoms with Crippen molar-refractivity contribution in [2.24, 2.45) is 11.3 Å². The number of unbranched alkanes of at least 4 members (excludes halogenated alkanes) is 1. The van der Waals surface area contributed by atoms with Crippen molar-refractivity contribution < 1.29 is 4.39 Å². The number of hydrogen-bond acceptors (Lipinski definition) is 1. The van der Waals surface area contributed by atoms with Gasteiger partial charge in [-0.1, -0.05) is 85.4 Å². The molecular weight excluding hydrogens is 357 g/mol. The van der Waals surface area contributed by atoms with Gasteiger partial charge in [0.2, 0.25) is 0 Å². The Hall–Kier alpha value is -1.02. The highest BCUT2D eigenvalue weighted by Gasteiger charge is 2.32. The van der Waals surface area contributed by atoms with E-state index in [0.717, 1.165) is 29.7 Å². The molecular formula is C24H39ClFN. The second-order valence-corrected chi connectivity index (χ2v) is 9.17. The van der Waals surface area contributed by atoms with Crippen LogP contribution in [0.5, 0.6) is 0 Å². The molecule has 0 spiro atoms. The van der Waals surface area contributed by atoms with Crippen molar-refractivity contribution in [1.82, 2.24) is 5.32 Å². The predicted octanol–water partition coefficient (Wildman–Crippen LogP) is 8.01. The van der Waals surface area contributed by atoms with E-state index in [1.54, 1.807) is 0 Å². The standard InChI is InChI=1S/C24H39ClFN/c1-8-11-14-18(12-9-2)23(24(5,6)7)27-17(4)19-15-16-21(26)22(25)20(19)13-10-3/h15-16,18,23,27H,4,8-14H2,1-3,5-7H3. The molecule has 154 valence electrons. The van der Waals surface area contributed by atoms with E-state index < -0.39 is 0 Å². The second-order valence-electron chi connectivity index (χ2n) is 8.80. The maximum absolute atomic E-state index is 14.0. The van der Waals surface area contributed by atoms with E-state index in [4.69, 9.17) is 11.6 Å². The molecule has 0 radical (unpaired) electrons. The summed E-state index contributed by atoms with van der Waals surface area (Å²) in [5, 5.41) is 3.97. The Balaban J connectivity index is 3.18. The molecule has 0 aromatic heterocycles. The Bertz CT molecular complexity index is 603. The van der Waals surface area contributed by atoms with Gasteiger partial charge in [0.1, 0.15) is 5.82 Å². The first-order chi connectivity index (χ1) is 12.7. The van der Waals surface area contributed by atoms with Crippen molar-refractivity contribution in [3.63, 3.8) is 0 Å². The average molecular weight is 396 g/mol. The highest BCUT2D eigenvalue weighted by atomic mass is 35.5. The van der Waals surface area contributed by atoms with Gasteiger partial charge in [0.15, 0.2) is 0 Å². The Morgan fingerprint density at radius 3 is 2.30 bits per heavy atom. The van der Waals surface area contributed by atoms with Gasteiger partial charge in [0.05, 0.1) is 5.02 Å². The molecule has 0 amide bonds. The lowest BCUT2D eigenvalue weighted by Crippen LogP contribution is -2.45. The molecule has 1 aromatic rings. The van der Waals surface area contributed by atoms with Gasteiger partial charge in [-0.15, -0.1) is 0 Å². The minimum Gasteiger partial charge on any atom is -0.381 e. The van der Waals surface area contributed by atoms with Gasteiger partial charge in [0, 0.05) is 17.3 Å². The SMILES string of the molecule is C=C(NC(C(CCC)CCCC)C(C)(C)C)c1ccc(F)c(Cl)c1CCC. The monoisotopic (exact) mass is 395 g/mol. The van der Waals surface area contributed by atoms with E-state index in [2.05, 4.69) is 53.4 Å². The third-order valence-corrected chi connectivity index (χ3v) is 5.75. The smallest absolute Gasteiger partial charge is 0.142 e. The number of benzene rings is 1. The first-order valence-electron chi connectivity index (χ1n) is 10.6. The molecule has 0 saturated heterocycles. The molecule has 1 aromatic carbocycles. The molecule has 0 aliphatic heterocycles. The van der Waals surface area contributed by atoms with Gasteiger partial charge in [-0.2, -0.15) is 0 Å². The summed E-state index contributed by atoms with van der Waals surface area (Å²) in [7, 11) is 0. The zero-order valence-electron chi connectivity index (χ0n) is 18.2. The van der Waals surface area contributed by atoms with E-state index in [-0.39, 0.29) is 16.3 Å². The molecule has 0 aliphatic carbocycles. The maximum Gasteiger partial charge on any atom is 0.142 e.